The van der Waals surface area contributed by atoms with Crippen molar-refractivity contribution in [1.29, 1.82) is 0 Å². The molecule has 0 amide bonds. The maximum atomic E-state index is 2.43. The predicted octanol–water partition coefficient (Wildman–Crippen LogP) is 14.5. The number of nitrogens with zero attached hydrogens (tertiary/aromatic N) is 1. The van der Waals surface area contributed by atoms with E-state index in [4.69, 9.17) is 0 Å². The van der Waals surface area contributed by atoms with Crippen molar-refractivity contribution in [3.63, 3.8) is 0 Å². The van der Waals surface area contributed by atoms with Crippen LogP contribution in [-0.4, -0.2) is 4.57 Å². The molecule has 1 heteroatoms. The summed E-state index contributed by atoms with van der Waals surface area (Å²) < 4.78 is 2.43. The summed E-state index contributed by atoms with van der Waals surface area (Å²) in [5, 5.41) is 10.3. The quantitative estimate of drug-likeness (QED) is 0.163. The molecule has 252 valence electrons. The molecule has 0 saturated heterocycles. The third-order valence-corrected chi connectivity index (χ3v) is 11.6. The van der Waals surface area contributed by atoms with Gasteiger partial charge in [0.15, 0.2) is 0 Å². The van der Waals surface area contributed by atoms with Crippen molar-refractivity contribution in [3.05, 3.63) is 186 Å². The van der Waals surface area contributed by atoms with Gasteiger partial charge < -0.3 is 4.57 Å². The number of fused-ring (bicyclic) bond motifs is 6. The van der Waals surface area contributed by atoms with Crippen LogP contribution in [-0.2, 0) is 0 Å². The molecule has 1 aromatic heterocycles. The van der Waals surface area contributed by atoms with Crippen molar-refractivity contribution in [2.75, 3.05) is 0 Å². The van der Waals surface area contributed by atoms with E-state index in [1.807, 2.05) is 0 Å². The van der Waals surface area contributed by atoms with Crippen LogP contribution in [0, 0.1) is 27.7 Å². The number of aryl methyl sites for hydroxylation is 4. The lowest BCUT2D eigenvalue weighted by molar-refractivity contribution is 1.18. The van der Waals surface area contributed by atoms with E-state index in [2.05, 4.69) is 196 Å². The van der Waals surface area contributed by atoms with Crippen molar-refractivity contribution in [2.24, 2.45) is 0 Å². The highest BCUT2D eigenvalue weighted by Crippen LogP contribution is 2.46. The Morgan fingerprint density at radius 1 is 0.321 bits per heavy atom. The van der Waals surface area contributed by atoms with Gasteiger partial charge in [0.2, 0.25) is 0 Å². The highest BCUT2D eigenvalue weighted by molar-refractivity contribution is 6.22. The molecular weight excluding hydrogens is 639 g/mol. The summed E-state index contributed by atoms with van der Waals surface area (Å²) in [7, 11) is 0. The fraction of sp³-hybridized carbons (Fsp3) is 0.0769. The summed E-state index contributed by atoms with van der Waals surface area (Å²) in [4.78, 5) is 0. The van der Waals surface area contributed by atoms with Crippen LogP contribution in [0.3, 0.4) is 0 Å². The third kappa shape index (κ3) is 4.92. The molecule has 10 rings (SSSR count). The lowest BCUT2D eigenvalue weighted by Gasteiger charge is -2.20. The summed E-state index contributed by atoms with van der Waals surface area (Å²) in [6, 6.07) is 60.9. The van der Waals surface area contributed by atoms with Crippen molar-refractivity contribution >= 4 is 54.1 Å². The van der Waals surface area contributed by atoms with Crippen molar-refractivity contribution < 1.29 is 0 Å². The molecule has 0 atom stereocenters. The molecule has 0 N–H and O–H groups in total. The van der Waals surface area contributed by atoms with Crippen LogP contribution in [0.4, 0.5) is 0 Å². The SMILES string of the molecule is Cc1cc2c(-c3ccccc3)c3cc(C)c(C)cc3c(-c3ccc(-n4c5ccccc5c5cc(-c6cccc7ccccc67)ccc54)cc3)c2cc1C. The van der Waals surface area contributed by atoms with Gasteiger partial charge in [0.1, 0.15) is 0 Å². The lowest BCUT2D eigenvalue weighted by Crippen LogP contribution is -1.96. The Labute approximate surface area is 310 Å². The lowest BCUT2D eigenvalue weighted by atomic mass is 9.83. The molecular formula is C52H39N. The van der Waals surface area contributed by atoms with Gasteiger partial charge in [-0.05, 0) is 146 Å². The number of hydrogen-bond donors (Lipinski definition) is 0. The summed E-state index contributed by atoms with van der Waals surface area (Å²) in [6.07, 6.45) is 0. The Bertz CT molecular complexity index is 2990. The highest BCUT2D eigenvalue weighted by atomic mass is 15.0. The average molecular weight is 678 g/mol. The van der Waals surface area contributed by atoms with Gasteiger partial charge in [-0.25, -0.2) is 0 Å². The zero-order valence-corrected chi connectivity index (χ0v) is 30.5. The summed E-state index contributed by atoms with van der Waals surface area (Å²) >= 11 is 0. The minimum Gasteiger partial charge on any atom is -0.309 e. The highest BCUT2D eigenvalue weighted by Gasteiger charge is 2.20. The first-order valence-electron chi connectivity index (χ1n) is 18.6. The van der Waals surface area contributed by atoms with Gasteiger partial charge in [-0.2, -0.15) is 0 Å². The van der Waals surface area contributed by atoms with Gasteiger partial charge in [0.25, 0.3) is 0 Å². The van der Waals surface area contributed by atoms with Crippen molar-refractivity contribution in [2.45, 2.75) is 27.7 Å². The molecule has 0 saturated carbocycles. The number of aromatic nitrogens is 1. The number of rotatable bonds is 4. The van der Waals surface area contributed by atoms with E-state index in [1.165, 1.54) is 110 Å². The monoisotopic (exact) mass is 677 g/mol. The summed E-state index contributed by atoms with van der Waals surface area (Å²) in [5.41, 5.74) is 16.4. The van der Waals surface area contributed by atoms with Crippen LogP contribution in [0.5, 0.6) is 0 Å². The number of benzene rings is 9. The first kappa shape index (κ1) is 31.3. The molecule has 0 unspecified atom stereocenters. The minimum atomic E-state index is 1.16. The Morgan fingerprint density at radius 3 is 1.45 bits per heavy atom. The fourth-order valence-corrected chi connectivity index (χ4v) is 8.65. The van der Waals surface area contributed by atoms with Gasteiger partial charge in [0, 0.05) is 16.5 Å². The molecule has 53 heavy (non-hydrogen) atoms. The smallest absolute Gasteiger partial charge is 0.0541 e. The van der Waals surface area contributed by atoms with E-state index in [0.717, 1.165) is 5.69 Å². The van der Waals surface area contributed by atoms with Gasteiger partial charge in [0.05, 0.1) is 11.0 Å². The van der Waals surface area contributed by atoms with E-state index in [0.29, 0.717) is 0 Å². The molecule has 0 bridgehead atoms. The Hall–Kier alpha value is -6.44. The molecule has 0 aliphatic rings. The second-order valence-electron chi connectivity index (χ2n) is 14.7. The Balaban J connectivity index is 1.18. The molecule has 0 aliphatic carbocycles. The van der Waals surface area contributed by atoms with E-state index in [1.54, 1.807) is 0 Å². The fourth-order valence-electron chi connectivity index (χ4n) is 8.65. The molecule has 10 aromatic rings. The zero-order valence-electron chi connectivity index (χ0n) is 30.5. The van der Waals surface area contributed by atoms with Crippen LogP contribution >= 0.6 is 0 Å². The van der Waals surface area contributed by atoms with Crippen molar-refractivity contribution in [3.8, 4) is 39.1 Å². The number of hydrogen-bond acceptors (Lipinski definition) is 0. The normalized spacial score (nSPS) is 11.8. The molecule has 9 aromatic carbocycles. The molecule has 0 spiro atoms. The molecule has 1 heterocycles. The average Bonchev–Trinajstić information content (AvgIpc) is 3.52. The van der Waals surface area contributed by atoms with E-state index in [-0.39, 0.29) is 0 Å². The van der Waals surface area contributed by atoms with Crippen LogP contribution in [0.2, 0.25) is 0 Å². The summed E-state index contributed by atoms with van der Waals surface area (Å²) in [6.45, 7) is 8.95. The van der Waals surface area contributed by atoms with Gasteiger partial charge in [-0.1, -0.05) is 133 Å². The standard InChI is InChI=1S/C52H39N/c1-32-27-45-47(29-34(32)3)52(48-30-35(4)33(2)28-46(48)51(45)37-14-6-5-7-15-37)38-21-24-40(25-22-38)53-49-20-11-10-18-43(49)44-31-39(23-26-50(44)53)42-19-12-16-36-13-8-9-17-41(36)42/h5-31H,1-4H3. The van der Waals surface area contributed by atoms with Crippen LogP contribution in [0.25, 0.3) is 93.2 Å². The van der Waals surface area contributed by atoms with Crippen molar-refractivity contribution in [1.82, 2.24) is 4.57 Å². The third-order valence-electron chi connectivity index (χ3n) is 11.6. The maximum Gasteiger partial charge on any atom is 0.0541 e. The predicted molar refractivity (Wildman–Crippen MR) is 229 cm³/mol. The Morgan fingerprint density at radius 2 is 0.811 bits per heavy atom. The van der Waals surface area contributed by atoms with E-state index in [9.17, 15) is 0 Å². The van der Waals surface area contributed by atoms with Gasteiger partial charge in [-0.15, -0.1) is 0 Å². The first-order valence-corrected chi connectivity index (χ1v) is 18.6. The molecule has 0 radical (unpaired) electrons. The first-order chi connectivity index (χ1) is 25.9. The van der Waals surface area contributed by atoms with Crippen LogP contribution in [0.15, 0.2) is 164 Å². The molecule has 0 aliphatic heterocycles. The largest absolute Gasteiger partial charge is 0.309 e. The minimum absolute atomic E-state index is 1.16. The number of para-hydroxylation sites is 1. The van der Waals surface area contributed by atoms with E-state index < -0.39 is 0 Å². The Kier molecular flexibility index (Phi) is 7.13. The molecule has 1 nitrogen and oxygen atoms in total. The van der Waals surface area contributed by atoms with Crippen LogP contribution < -0.4 is 0 Å². The van der Waals surface area contributed by atoms with Gasteiger partial charge in [-0.3, -0.25) is 0 Å². The second-order valence-corrected chi connectivity index (χ2v) is 14.7. The van der Waals surface area contributed by atoms with Crippen LogP contribution in [0.1, 0.15) is 22.3 Å². The topological polar surface area (TPSA) is 4.93 Å². The summed E-state index contributed by atoms with van der Waals surface area (Å²) in [5.74, 6) is 0. The maximum absolute atomic E-state index is 2.43. The van der Waals surface area contributed by atoms with Gasteiger partial charge >= 0.3 is 0 Å². The zero-order chi connectivity index (χ0) is 35.8. The van der Waals surface area contributed by atoms with E-state index >= 15 is 0 Å². The molecule has 0 fully saturated rings. The second kappa shape index (κ2) is 12.1.